The minimum Gasteiger partial charge on any atom is -0.452 e. The molecule has 1 fully saturated rings. The third-order valence-electron chi connectivity index (χ3n) is 5.27. The Bertz CT molecular complexity index is 1010. The molecule has 0 saturated heterocycles. The van der Waals surface area contributed by atoms with Gasteiger partial charge in [0.05, 0.1) is 6.54 Å². The van der Waals surface area contributed by atoms with Crippen molar-refractivity contribution in [3.8, 4) is 11.3 Å². The number of esters is 1. The van der Waals surface area contributed by atoms with E-state index in [1.807, 2.05) is 67.6 Å². The van der Waals surface area contributed by atoms with Gasteiger partial charge in [-0.05, 0) is 31.2 Å². The second-order valence-electron chi connectivity index (χ2n) is 7.71. The lowest BCUT2D eigenvalue weighted by Crippen LogP contribution is -2.37. The quantitative estimate of drug-likeness (QED) is 0.583. The molecule has 6 heteroatoms. The zero-order chi connectivity index (χ0) is 20.9. The fourth-order valence-corrected chi connectivity index (χ4v) is 3.45. The van der Waals surface area contributed by atoms with E-state index >= 15 is 0 Å². The van der Waals surface area contributed by atoms with Crippen molar-refractivity contribution in [1.82, 2.24) is 15.1 Å². The van der Waals surface area contributed by atoms with E-state index < -0.39 is 5.97 Å². The van der Waals surface area contributed by atoms with Crippen molar-refractivity contribution in [2.75, 3.05) is 6.61 Å². The van der Waals surface area contributed by atoms with Crippen LogP contribution in [0.1, 0.15) is 35.7 Å². The molecule has 0 aliphatic heterocycles. The maximum atomic E-state index is 12.8. The molecule has 1 atom stereocenters. The molecule has 3 aromatic rings. The van der Waals surface area contributed by atoms with Gasteiger partial charge < -0.3 is 10.1 Å². The van der Waals surface area contributed by atoms with Gasteiger partial charge in [-0.1, -0.05) is 60.7 Å². The Morgan fingerprint density at radius 3 is 2.43 bits per heavy atom. The van der Waals surface area contributed by atoms with Crippen molar-refractivity contribution in [2.24, 2.45) is 5.92 Å². The van der Waals surface area contributed by atoms with E-state index in [2.05, 4.69) is 10.4 Å². The minimum atomic E-state index is -0.553. The summed E-state index contributed by atoms with van der Waals surface area (Å²) in [7, 11) is 0. The van der Waals surface area contributed by atoms with E-state index in [0.717, 1.165) is 24.0 Å². The van der Waals surface area contributed by atoms with Gasteiger partial charge in [-0.15, -0.1) is 0 Å². The molecule has 0 radical (unpaired) electrons. The average molecular weight is 403 g/mol. The van der Waals surface area contributed by atoms with Crippen LogP contribution < -0.4 is 5.32 Å². The molecule has 1 aromatic heterocycles. The largest absolute Gasteiger partial charge is 0.452 e. The molecule has 1 N–H and O–H groups in total. The number of hydrogen-bond acceptors (Lipinski definition) is 4. The van der Waals surface area contributed by atoms with E-state index in [9.17, 15) is 9.59 Å². The van der Waals surface area contributed by atoms with Gasteiger partial charge in [0, 0.05) is 17.8 Å². The average Bonchev–Trinajstić information content (AvgIpc) is 3.54. The fraction of sp³-hybridized carbons (Fsp3) is 0.292. The Labute approximate surface area is 175 Å². The molecule has 2 aromatic carbocycles. The van der Waals surface area contributed by atoms with Crippen molar-refractivity contribution in [3.05, 3.63) is 78.0 Å². The first-order valence-electron chi connectivity index (χ1n) is 10.2. The minimum absolute atomic E-state index is 0.115. The molecular weight excluding hydrogens is 378 g/mol. The van der Waals surface area contributed by atoms with Gasteiger partial charge >= 0.3 is 5.97 Å². The highest BCUT2D eigenvalue weighted by Gasteiger charge is 2.29. The Hall–Kier alpha value is -3.41. The zero-order valence-corrected chi connectivity index (χ0v) is 17.0. The monoisotopic (exact) mass is 403 g/mol. The smallest absolute Gasteiger partial charge is 0.342 e. The summed E-state index contributed by atoms with van der Waals surface area (Å²) < 4.78 is 7.04. The molecule has 6 nitrogen and oxygen atoms in total. The maximum absolute atomic E-state index is 12.8. The number of carbonyl (C=O) groups excluding carboxylic acids is 2. The van der Waals surface area contributed by atoms with Crippen LogP contribution in [0.2, 0.25) is 0 Å². The lowest BCUT2D eigenvalue weighted by Gasteiger charge is -2.12. The second kappa shape index (κ2) is 8.95. The Balaban J connectivity index is 1.49. The Kier molecular flexibility index (Phi) is 5.93. The number of rotatable bonds is 8. The third-order valence-corrected chi connectivity index (χ3v) is 5.27. The predicted octanol–water partition coefficient (Wildman–Crippen LogP) is 3.67. The molecule has 1 amide bonds. The van der Waals surface area contributed by atoms with Crippen LogP contribution in [0, 0.1) is 5.92 Å². The van der Waals surface area contributed by atoms with E-state index in [1.54, 1.807) is 10.9 Å². The molecule has 1 aliphatic rings. The van der Waals surface area contributed by atoms with Gasteiger partial charge in [0.1, 0.15) is 11.3 Å². The Morgan fingerprint density at radius 2 is 1.77 bits per heavy atom. The number of nitrogens with zero attached hydrogens (tertiary/aromatic N) is 2. The number of amides is 1. The molecule has 30 heavy (non-hydrogen) atoms. The van der Waals surface area contributed by atoms with Crippen molar-refractivity contribution in [1.29, 1.82) is 0 Å². The summed E-state index contributed by atoms with van der Waals surface area (Å²) in [5, 5.41) is 7.51. The standard InChI is InChI=1S/C24H25N3O3/c1-17(19-12-13-19)25-22(28)16-30-24(29)21-15-27(14-18-8-4-2-5-9-18)26-23(21)20-10-6-3-7-11-20/h2-11,15,17,19H,12-14,16H2,1H3,(H,25,28)/t17-/m0/s1. The van der Waals surface area contributed by atoms with Crippen molar-refractivity contribution >= 4 is 11.9 Å². The predicted molar refractivity (Wildman–Crippen MR) is 114 cm³/mol. The lowest BCUT2D eigenvalue weighted by molar-refractivity contribution is -0.124. The van der Waals surface area contributed by atoms with Crippen LogP contribution in [0.4, 0.5) is 0 Å². The molecule has 1 aliphatic carbocycles. The molecule has 154 valence electrons. The summed E-state index contributed by atoms with van der Waals surface area (Å²) in [6.07, 6.45) is 3.97. The van der Waals surface area contributed by atoms with Gasteiger partial charge in [0.25, 0.3) is 5.91 Å². The molecule has 1 heterocycles. The molecule has 0 unspecified atom stereocenters. The van der Waals surface area contributed by atoms with Crippen LogP contribution in [0.5, 0.6) is 0 Å². The summed E-state index contributed by atoms with van der Waals surface area (Å²) in [5.74, 6) is -0.284. The molecule has 0 bridgehead atoms. The second-order valence-corrected chi connectivity index (χ2v) is 7.71. The molecule has 0 spiro atoms. The van der Waals surface area contributed by atoms with E-state index in [-0.39, 0.29) is 18.6 Å². The highest BCUT2D eigenvalue weighted by molar-refractivity contribution is 5.97. The van der Waals surface area contributed by atoms with Gasteiger partial charge in [-0.3, -0.25) is 9.48 Å². The summed E-state index contributed by atoms with van der Waals surface area (Å²) in [6, 6.07) is 19.5. The Morgan fingerprint density at radius 1 is 1.10 bits per heavy atom. The van der Waals surface area contributed by atoms with Crippen LogP contribution >= 0.6 is 0 Å². The number of aromatic nitrogens is 2. The van der Waals surface area contributed by atoms with E-state index in [0.29, 0.717) is 23.7 Å². The van der Waals surface area contributed by atoms with E-state index in [4.69, 9.17) is 4.74 Å². The number of benzene rings is 2. The third kappa shape index (κ3) is 4.95. The number of hydrogen-bond donors (Lipinski definition) is 1. The topological polar surface area (TPSA) is 73.2 Å². The summed E-state index contributed by atoms with van der Waals surface area (Å²) >= 11 is 0. The highest BCUT2D eigenvalue weighted by atomic mass is 16.5. The SMILES string of the molecule is C[C@H](NC(=O)COC(=O)c1cn(Cc2ccccc2)nc1-c1ccccc1)C1CC1. The molecule has 1 saturated carbocycles. The van der Waals surface area contributed by atoms with Crippen molar-refractivity contribution in [3.63, 3.8) is 0 Å². The highest BCUT2D eigenvalue weighted by Crippen LogP contribution is 2.32. The van der Waals surface area contributed by atoms with Crippen LogP contribution in [-0.2, 0) is 16.1 Å². The van der Waals surface area contributed by atoms with Crippen LogP contribution in [0.25, 0.3) is 11.3 Å². The van der Waals surface area contributed by atoms with Gasteiger partial charge in [-0.2, -0.15) is 5.10 Å². The van der Waals surface area contributed by atoms with Gasteiger partial charge in [0.15, 0.2) is 6.61 Å². The number of carbonyl (C=O) groups is 2. The first-order chi connectivity index (χ1) is 14.6. The molecular formula is C24H25N3O3. The van der Waals surface area contributed by atoms with Crippen LogP contribution in [0.15, 0.2) is 66.9 Å². The zero-order valence-electron chi connectivity index (χ0n) is 17.0. The number of ether oxygens (including phenoxy) is 1. The lowest BCUT2D eigenvalue weighted by atomic mass is 10.1. The van der Waals surface area contributed by atoms with Crippen LogP contribution in [-0.4, -0.2) is 34.3 Å². The fourth-order valence-electron chi connectivity index (χ4n) is 3.45. The van der Waals surface area contributed by atoms with Crippen molar-refractivity contribution in [2.45, 2.75) is 32.4 Å². The summed E-state index contributed by atoms with van der Waals surface area (Å²) in [4.78, 5) is 24.9. The maximum Gasteiger partial charge on any atom is 0.342 e. The normalized spacial score (nSPS) is 14.2. The summed E-state index contributed by atoms with van der Waals surface area (Å²) in [6.45, 7) is 2.22. The van der Waals surface area contributed by atoms with Gasteiger partial charge in [0.2, 0.25) is 0 Å². The first-order valence-corrected chi connectivity index (χ1v) is 10.2. The van der Waals surface area contributed by atoms with E-state index in [1.165, 1.54) is 0 Å². The van der Waals surface area contributed by atoms with Gasteiger partial charge in [-0.25, -0.2) is 4.79 Å². The van der Waals surface area contributed by atoms with Crippen molar-refractivity contribution < 1.29 is 14.3 Å². The van der Waals surface area contributed by atoms with Crippen LogP contribution in [0.3, 0.4) is 0 Å². The number of nitrogens with one attached hydrogen (secondary N) is 1. The first kappa shape index (κ1) is 19.9. The summed E-state index contributed by atoms with van der Waals surface area (Å²) in [5.41, 5.74) is 2.79. The molecule has 4 rings (SSSR count).